The summed E-state index contributed by atoms with van der Waals surface area (Å²) in [7, 11) is 0. The molecule has 1 aliphatic rings. The first kappa shape index (κ1) is 15.4. The molecule has 1 aliphatic carbocycles. The zero-order valence-corrected chi connectivity index (χ0v) is 11.4. The van der Waals surface area contributed by atoms with Gasteiger partial charge in [-0.3, -0.25) is 0 Å². The maximum absolute atomic E-state index is 13.4. The van der Waals surface area contributed by atoms with Crippen molar-refractivity contribution in [2.45, 2.75) is 44.4 Å². The number of ether oxygens (including phenoxy) is 1. The quantitative estimate of drug-likeness (QED) is 0.808. The molecule has 0 bridgehead atoms. The van der Waals surface area contributed by atoms with E-state index < -0.39 is 17.7 Å². The van der Waals surface area contributed by atoms with E-state index in [1.807, 2.05) is 0 Å². The van der Waals surface area contributed by atoms with Crippen LogP contribution in [0.5, 0.6) is 0 Å². The van der Waals surface area contributed by atoms with Gasteiger partial charge in [-0.2, -0.15) is 0 Å². The van der Waals surface area contributed by atoms with Crippen LogP contribution < -0.4 is 5.32 Å². The Morgan fingerprint density at radius 2 is 2.05 bits per heavy atom. The van der Waals surface area contributed by atoms with E-state index in [0.717, 1.165) is 18.9 Å². The molecule has 0 heterocycles. The molecule has 1 aromatic carbocycles. The van der Waals surface area contributed by atoms with Crippen LogP contribution in [0, 0.1) is 11.6 Å². The van der Waals surface area contributed by atoms with E-state index in [1.165, 1.54) is 25.0 Å². The largest absolute Gasteiger partial charge is 0.389 e. The van der Waals surface area contributed by atoms with Gasteiger partial charge in [0.2, 0.25) is 0 Å². The van der Waals surface area contributed by atoms with Gasteiger partial charge in [-0.25, -0.2) is 8.78 Å². The Bertz CT molecular complexity index is 422. The molecule has 20 heavy (non-hydrogen) atoms. The zero-order valence-electron chi connectivity index (χ0n) is 11.4. The van der Waals surface area contributed by atoms with E-state index in [2.05, 4.69) is 5.32 Å². The van der Waals surface area contributed by atoms with Crippen molar-refractivity contribution in [3.8, 4) is 0 Å². The Hall–Kier alpha value is -1.04. The number of aliphatic hydroxyl groups is 1. The highest BCUT2D eigenvalue weighted by molar-refractivity contribution is 5.18. The normalized spacial score (nSPS) is 17.6. The predicted molar refractivity (Wildman–Crippen MR) is 72.3 cm³/mol. The number of rotatable bonds is 7. The summed E-state index contributed by atoms with van der Waals surface area (Å²) < 4.78 is 31.7. The second kappa shape index (κ2) is 7.67. The van der Waals surface area contributed by atoms with E-state index in [9.17, 15) is 13.9 Å². The number of hydrogen-bond acceptors (Lipinski definition) is 3. The van der Waals surface area contributed by atoms with Gasteiger partial charge in [0.15, 0.2) is 0 Å². The average molecular weight is 285 g/mol. The third-order valence-electron chi connectivity index (χ3n) is 3.54. The minimum Gasteiger partial charge on any atom is -0.389 e. The SMILES string of the molecule is OC(CNCc1ccc(F)cc1F)COC1CCCC1. The first-order valence-corrected chi connectivity index (χ1v) is 7.09. The maximum atomic E-state index is 13.4. The summed E-state index contributed by atoms with van der Waals surface area (Å²) >= 11 is 0. The van der Waals surface area contributed by atoms with Gasteiger partial charge in [0.1, 0.15) is 11.6 Å². The molecule has 1 atom stereocenters. The molecule has 1 aromatic rings. The van der Waals surface area contributed by atoms with Crippen molar-refractivity contribution in [2.24, 2.45) is 0 Å². The smallest absolute Gasteiger partial charge is 0.130 e. The number of halogens is 2. The molecule has 0 radical (unpaired) electrons. The molecule has 112 valence electrons. The lowest BCUT2D eigenvalue weighted by Gasteiger charge is -2.16. The predicted octanol–water partition coefficient (Wildman–Crippen LogP) is 2.37. The van der Waals surface area contributed by atoms with Crippen LogP contribution in [0.2, 0.25) is 0 Å². The third kappa shape index (κ3) is 4.81. The van der Waals surface area contributed by atoms with Crippen molar-refractivity contribution in [2.75, 3.05) is 13.2 Å². The summed E-state index contributed by atoms with van der Waals surface area (Å²) in [5, 5.41) is 12.7. The number of nitrogens with one attached hydrogen (secondary N) is 1. The highest BCUT2D eigenvalue weighted by Gasteiger charge is 2.16. The Kier molecular flexibility index (Phi) is 5.88. The van der Waals surface area contributed by atoms with Gasteiger partial charge in [-0.15, -0.1) is 0 Å². The Labute approximate surface area is 117 Å². The lowest BCUT2D eigenvalue weighted by molar-refractivity contribution is -0.00551. The number of benzene rings is 1. The van der Waals surface area contributed by atoms with Crippen molar-refractivity contribution in [3.05, 3.63) is 35.4 Å². The summed E-state index contributed by atoms with van der Waals surface area (Å²) in [6.45, 7) is 0.875. The summed E-state index contributed by atoms with van der Waals surface area (Å²) in [5.41, 5.74) is 0.385. The molecule has 1 saturated carbocycles. The van der Waals surface area contributed by atoms with Gasteiger partial charge < -0.3 is 15.2 Å². The molecule has 5 heteroatoms. The third-order valence-corrected chi connectivity index (χ3v) is 3.54. The summed E-state index contributed by atoms with van der Waals surface area (Å²) in [6.07, 6.45) is 4.20. The van der Waals surface area contributed by atoms with Crippen molar-refractivity contribution in [3.63, 3.8) is 0 Å². The Morgan fingerprint density at radius 1 is 1.30 bits per heavy atom. The van der Waals surface area contributed by atoms with Crippen LogP contribution >= 0.6 is 0 Å². The minimum atomic E-state index is -0.612. The Morgan fingerprint density at radius 3 is 2.75 bits per heavy atom. The molecular weight excluding hydrogens is 264 g/mol. The summed E-state index contributed by atoms with van der Waals surface area (Å²) in [4.78, 5) is 0. The van der Waals surface area contributed by atoms with Crippen molar-refractivity contribution >= 4 is 0 Å². The molecule has 1 unspecified atom stereocenters. The standard InChI is InChI=1S/C15H21F2NO2/c16-12-6-5-11(15(17)7-12)8-18-9-13(19)10-20-14-3-1-2-4-14/h5-7,13-14,18-19H,1-4,8-10H2. The van der Waals surface area contributed by atoms with Crippen LogP contribution in [0.4, 0.5) is 8.78 Å². The second-order valence-corrected chi connectivity index (χ2v) is 5.26. The van der Waals surface area contributed by atoms with Crippen LogP contribution in [-0.4, -0.2) is 30.5 Å². The van der Waals surface area contributed by atoms with Gasteiger partial charge in [-0.05, 0) is 18.9 Å². The lowest BCUT2D eigenvalue weighted by Crippen LogP contribution is -2.31. The fourth-order valence-electron chi connectivity index (χ4n) is 2.40. The van der Waals surface area contributed by atoms with Gasteiger partial charge in [0, 0.05) is 24.7 Å². The monoisotopic (exact) mass is 285 g/mol. The van der Waals surface area contributed by atoms with E-state index in [1.54, 1.807) is 0 Å². The second-order valence-electron chi connectivity index (χ2n) is 5.26. The number of aliphatic hydroxyl groups excluding tert-OH is 1. The molecule has 0 aromatic heterocycles. The zero-order chi connectivity index (χ0) is 14.4. The minimum absolute atomic E-state index is 0.257. The van der Waals surface area contributed by atoms with Crippen LogP contribution in [-0.2, 0) is 11.3 Å². The molecule has 3 nitrogen and oxygen atoms in total. The van der Waals surface area contributed by atoms with Gasteiger partial charge in [0.05, 0.1) is 18.8 Å². The van der Waals surface area contributed by atoms with E-state index >= 15 is 0 Å². The summed E-state index contributed by atoms with van der Waals surface area (Å²) in [5.74, 6) is -1.16. The summed E-state index contributed by atoms with van der Waals surface area (Å²) in [6, 6.07) is 3.48. The first-order chi connectivity index (χ1) is 9.65. The highest BCUT2D eigenvalue weighted by atomic mass is 19.1. The van der Waals surface area contributed by atoms with Crippen LogP contribution in [0.3, 0.4) is 0 Å². The number of hydrogen-bond donors (Lipinski definition) is 2. The van der Waals surface area contributed by atoms with E-state index in [-0.39, 0.29) is 12.6 Å². The molecule has 0 spiro atoms. The van der Waals surface area contributed by atoms with E-state index in [0.29, 0.717) is 18.7 Å². The topological polar surface area (TPSA) is 41.5 Å². The fraction of sp³-hybridized carbons (Fsp3) is 0.600. The average Bonchev–Trinajstić information content (AvgIpc) is 2.92. The first-order valence-electron chi connectivity index (χ1n) is 7.09. The van der Waals surface area contributed by atoms with E-state index in [4.69, 9.17) is 4.74 Å². The molecule has 2 N–H and O–H groups in total. The molecule has 2 rings (SSSR count). The molecular formula is C15H21F2NO2. The van der Waals surface area contributed by atoms with Crippen LogP contribution in [0.15, 0.2) is 18.2 Å². The van der Waals surface area contributed by atoms with Crippen molar-refractivity contribution in [1.29, 1.82) is 0 Å². The molecule has 0 saturated heterocycles. The van der Waals surface area contributed by atoms with Gasteiger partial charge >= 0.3 is 0 Å². The van der Waals surface area contributed by atoms with Crippen LogP contribution in [0.25, 0.3) is 0 Å². The highest BCUT2D eigenvalue weighted by Crippen LogP contribution is 2.20. The fourth-order valence-corrected chi connectivity index (χ4v) is 2.40. The molecule has 1 fully saturated rings. The van der Waals surface area contributed by atoms with Gasteiger partial charge in [0.25, 0.3) is 0 Å². The lowest BCUT2D eigenvalue weighted by atomic mass is 10.2. The molecule has 0 amide bonds. The Balaban J connectivity index is 1.64. The van der Waals surface area contributed by atoms with Crippen LogP contribution in [0.1, 0.15) is 31.2 Å². The maximum Gasteiger partial charge on any atom is 0.130 e. The van der Waals surface area contributed by atoms with Crippen molar-refractivity contribution < 1.29 is 18.6 Å². The van der Waals surface area contributed by atoms with Gasteiger partial charge in [-0.1, -0.05) is 18.9 Å². The molecule has 0 aliphatic heterocycles. The van der Waals surface area contributed by atoms with Crippen molar-refractivity contribution in [1.82, 2.24) is 5.32 Å².